The summed E-state index contributed by atoms with van der Waals surface area (Å²) in [4.78, 5) is 37.2. The second-order valence-electron chi connectivity index (χ2n) is 18.1. The molecule has 9 heteroatoms. The van der Waals surface area contributed by atoms with Crippen molar-refractivity contribution in [2.75, 3.05) is 47.5 Å². The Balaban J connectivity index is 4.26. The van der Waals surface area contributed by atoms with Crippen LogP contribution >= 0.6 is 0 Å². The lowest BCUT2D eigenvalue weighted by Crippen LogP contribution is -2.40. The Morgan fingerprint density at radius 2 is 0.934 bits per heavy atom. The molecule has 0 aliphatic rings. The molecule has 0 saturated heterocycles. The summed E-state index contributed by atoms with van der Waals surface area (Å²) >= 11 is 0. The van der Waals surface area contributed by atoms with Gasteiger partial charge in [0.05, 0.1) is 34.4 Å². The van der Waals surface area contributed by atoms with E-state index in [0.29, 0.717) is 23.9 Å². The molecular formula is C52H96NO8+. The maximum absolute atomic E-state index is 12.8. The second kappa shape index (κ2) is 44.1. The van der Waals surface area contributed by atoms with E-state index in [2.05, 4.69) is 50.3 Å². The highest BCUT2D eigenvalue weighted by molar-refractivity contribution is 5.71. The molecule has 0 spiro atoms. The van der Waals surface area contributed by atoms with Gasteiger partial charge < -0.3 is 28.5 Å². The Kier molecular flexibility index (Phi) is 42.3. The van der Waals surface area contributed by atoms with Crippen molar-refractivity contribution in [3.63, 3.8) is 0 Å². The quantitative estimate of drug-likeness (QED) is 0.0212. The number of hydrogen-bond acceptors (Lipinski definition) is 7. The van der Waals surface area contributed by atoms with Crippen LogP contribution in [0.15, 0.2) is 36.5 Å². The van der Waals surface area contributed by atoms with Crippen molar-refractivity contribution >= 4 is 17.9 Å². The zero-order valence-electron chi connectivity index (χ0n) is 40.3. The van der Waals surface area contributed by atoms with Crippen molar-refractivity contribution in [2.45, 2.75) is 232 Å². The summed E-state index contributed by atoms with van der Waals surface area (Å²) in [6.45, 7) is 4.74. The Morgan fingerprint density at radius 1 is 0.508 bits per heavy atom. The SMILES string of the molecule is CC/C=C\C/C=C\C/C=C\CCCCCC(=O)OC(COC(=O)CCCCCCCCCCCCCCCCCCCCCCCCC)COC(OCC[N+](C)(C)C)C(=O)O. The van der Waals surface area contributed by atoms with Gasteiger partial charge in [0.1, 0.15) is 13.2 Å². The Labute approximate surface area is 375 Å². The van der Waals surface area contributed by atoms with Crippen LogP contribution in [-0.2, 0) is 33.3 Å². The van der Waals surface area contributed by atoms with Crippen molar-refractivity contribution < 1.29 is 42.9 Å². The van der Waals surface area contributed by atoms with Crippen molar-refractivity contribution in [1.29, 1.82) is 0 Å². The van der Waals surface area contributed by atoms with Crippen molar-refractivity contribution in [1.82, 2.24) is 0 Å². The predicted octanol–water partition coefficient (Wildman–Crippen LogP) is 13.8. The summed E-state index contributed by atoms with van der Waals surface area (Å²) in [5.74, 6) is -2.04. The fraction of sp³-hybridized carbons (Fsp3) is 0.827. The average Bonchev–Trinajstić information content (AvgIpc) is 3.22. The van der Waals surface area contributed by atoms with Crippen LogP contribution in [0, 0.1) is 0 Å². The first-order valence-corrected chi connectivity index (χ1v) is 25.2. The smallest absolute Gasteiger partial charge is 0.361 e. The largest absolute Gasteiger partial charge is 0.477 e. The highest BCUT2D eigenvalue weighted by atomic mass is 16.7. The number of hydrogen-bond donors (Lipinski definition) is 1. The molecule has 9 nitrogen and oxygen atoms in total. The van der Waals surface area contributed by atoms with Gasteiger partial charge in [-0.05, 0) is 44.9 Å². The Morgan fingerprint density at radius 3 is 1.39 bits per heavy atom. The Hall–Kier alpha value is -2.49. The molecule has 356 valence electrons. The van der Waals surface area contributed by atoms with Gasteiger partial charge in [-0.3, -0.25) is 9.59 Å². The molecule has 2 atom stereocenters. The molecule has 0 saturated carbocycles. The minimum atomic E-state index is -1.51. The summed E-state index contributed by atoms with van der Waals surface area (Å²) in [6, 6.07) is 0. The van der Waals surface area contributed by atoms with E-state index >= 15 is 0 Å². The van der Waals surface area contributed by atoms with Gasteiger partial charge in [-0.2, -0.15) is 0 Å². The molecule has 0 bridgehead atoms. The first-order chi connectivity index (χ1) is 29.6. The molecule has 2 unspecified atom stereocenters. The van der Waals surface area contributed by atoms with Gasteiger partial charge in [0.25, 0.3) is 6.29 Å². The standard InChI is InChI=1S/C52H95NO8/c1-6-8-10-12-14-16-18-20-21-22-23-24-25-26-27-28-29-31-32-34-36-38-40-42-49(54)59-46-48(47-60-52(51(56)57)58-45-44-53(3,4)5)61-50(55)43-41-39-37-35-33-30-19-17-15-13-11-9-7-2/h9,11,15,17,30,33,48,52H,6-8,10,12-14,16,18-29,31-32,34-47H2,1-5H3/p+1/b11-9-,17-15-,33-30-. The number of quaternary nitrogens is 1. The number of carbonyl (C=O) groups is 3. The van der Waals surface area contributed by atoms with Crippen LogP contribution in [0.3, 0.4) is 0 Å². The van der Waals surface area contributed by atoms with Gasteiger partial charge in [0.15, 0.2) is 6.10 Å². The number of esters is 2. The fourth-order valence-electron chi connectivity index (χ4n) is 7.03. The monoisotopic (exact) mass is 863 g/mol. The third kappa shape index (κ3) is 45.4. The lowest BCUT2D eigenvalue weighted by molar-refractivity contribution is -0.870. The number of rotatable bonds is 46. The summed E-state index contributed by atoms with van der Waals surface area (Å²) in [5.41, 5.74) is 0. The summed E-state index contributed by atoms with van der Waals surface area (Å²) in [6.07, 6.45) is 48.0. The molecule has 0 rings (SSSR count). The summed E-state index contributed by atoms with van der Waals surface area (Å²) in [5, 5.41) is 9.65. The number of allylic oxidation sites excluding steroid dienone is 6. The molecule has 0 fully saturated rings. The number of carboxylic acid groups (broad SMARTS) is 1. The lowest BCUT2D eigenvalue weighted by atomic mass is 10.0. The van der Waals surface area contributed by atoms with Gasteiger partial charge in [0.2, 0.25) is 0 Å². The minimum Gasteiger partial charge on any atom is -0.477 e. The van der Waals surface area contributed by atoms with Crippen molar-refractivity contribution in [3.8, 4) is 0 Å². The van der Waals surface area contributed by atoms with Crippen molar-refractivity contribution in [3.05, 3.63) is 36.5 Å². The average molecular weight is 863 g/mol. The van der Waals surface area contributed by atoms with E-state index in [4.69, 9.17) is 18.9 Å². The van der Waals surface area contributed by atoms with E-state index in [0.717, 1.165) is 57.8 Å². The highest BCUT2D eigenvalue weighted by Crippen LogP contribution is 2.16. The molecule has 0 aliphatic heterocycles. The minimum absolute atomic E-state index is 0.183. The van der Waals surface area contributed by atoms with Crippen LogP contribution in [0.2, 0.25) is 0 Å². The number of carboxylic acids is 1. The first-order valence-electron chi connectivity index (χ1n) is 25.2. The molecule has 61 heavy (non-hydrogen) atoms. The van der Waals surface area contributed by atoms with Gasteiger partial charge >= 0.3 is 17.9 Å². The van der Waals surface area contributed by atoms with E-state index in [1.165, 1.54) is 128 Å². The van der Waals surface area contributed by atoms with E-state index in [1.54, 1.807) is 0 Å². The molecule has 0 aromatic rings. The topological polar surface area (TPSA) is 108 Å². The predicted molar refractivity (Wildman–Crippen MR) is 254 cm³/mol. The molecule has 0 aliphatic carbocycles. The normalized spacial score (nSPS) is 13.1. The third-order valence-corrected chi connectivity index (χ3v) is 10.9. The number of likely N-dealkylation sites (N-methyl/N-ethyl adjacent to an activating group) is 1. The van der Waals surface area contributed by atoms with Crippen LogP contribution in [0.25, 0.3) is 0 Å². The van der Waals surface area contributed by atoms with Gasteiger partial charge in [-0.25, -0.2) is 4.79 Å². The van der Waals surface area contributed by atoms with Crippen LogP contribution in [0.4, 0.5) is 0 Å². The number of ether oxygens (including phenoxy) is 4. The fourth-order valence-corrected chi connectivity index (χ4v) is 7.03. The number of nitrogens with zero attached hydrogens (tertiary/aromatic N) is 1. The molecule has 0 radical (unpaired) electrons. The number of unbranched alkanes of at least 4 members (excludes halogenated alkanes) is 25. The van der Waals surface area contributed by atoms with E-state index in [9.17, 15) is 19.5 Å². The van der Waals surface area contributed by atoms with Crippen LogP contribution in [0.1, 0.15) is 219 Å². The summed E-state index contributed by atoms with van der Waals surface area (Å²) < 4.78 is 22.7. The zero-order chi connectivity index (χ0) is 44.9. The lowest BCUT2D eigenvalue weighted by Gasteiger charge is -2.25. The van der Waals surface area contributed by atoms with E-state index in [-0.39, 0.29) is 32.2 Å². The van der Waals surface area contributed by atoms with E-state index in [1.807, 2.05) is 21.1 Å². The first kappa shape index (κ1) is 58.5. The molecule has 1 N–H and O–H groups in total. The van der Waals surface area contributed by atoms with E-state index < -0.39 is 24.3 Å². The molecule has 0 amide bonds. The van der Waals surface area contributed by atoms with Crippen LogP contribution < -0.4 is 0 Å². The molecule has 0 aromatic heterocycles. The molecular weight excluding hydrogens is 767 g/mol. The maximum atomic E-state index is 12.8. The molecule has 0 aromatic carbocycles. The number of aliphatic carboxylic acids is 1. The Bertz CT molecular complexity index is 1100. The van der Waals surface area contributed by atoms with Gasteiger partial charge in [0, 0.05) is 12.8 Å². The highest BCUT2D eigenvalue weighted by Gasteiger charge is 2.25. The van der Waals surface area contributed by atoms with Crippen LogP contribution in [-0.4, -0.2) is 87.4 Å². The van der Waals surface area contributed by atoms with Crippen molar-refractivity contribution in [2.24, 2.45) is 0 Å². The molecule has 0 heterocycles. The maximum Gasteiger partial charge on any atom is 0.361 e. The zero-order valence-corrected chi connectivity index (χ0v) is 40.3. The van der Waals surface area contributed by atoms with Crippen LogP contribution in [0.5, 0.6) is 0 Å². The van der Waals surface area contributed by atoms with Gasteiger partial charge in [-0.15, -0.1) is 0 Å². The number of carbonyl (C=O) groups excluding carboxylic acids is 2. The third-order valence-electron chi connectivity index (χ3n) is 10.9. The summed E-state index contributed by atoms with van der Waals surface area (Å²) in [7, 11) is 5.95. The second-order valence-corrected chi connectivity index (χ2v) is 18.1. The van der Waals surface area contributed by atoms with Gasteiger partial charge in [-0.1, -0.05) is 198 Å².